The van der Waals surface area contributed by atoms with Crippen LogP contribution in [-0.2, 0) is 23.8 Å². The van der Waals surface area contributed by atoms with Crippen molar-refractivity contribution in [3.63, 3.8) is 0 Å². The molecule has 0 saturated heterocycles. The van der Waals surface area contributed by atoms with Crippen LogP contribution in [0.5, 0.6) is 0 Å². The lowest BCUT2D eigenvalue weighted by Gasteiger charge is -2.54. The molecule has 0 N–H and O–H groups in total. The van der Waals surface area contributed by atoms with Gasteiger partial charge in [-0.3, -0.25) is 9.59 Å². The average Bonchev–Trinajstić information content (AvgIpc) is 3.59. The minimum Gasteiger partial charge on any atom is -0.462 e. The smallest absolute Gasteiger partial charge is 0.312 e. The molecule has 5 nitrogen and oxygen atoms in total. The number of fused-ring (bicyclic) bond motifs is 9. The third-order valence-electron chi connectivity index (χ3n) is 13.3. The van der Waals surface area contributed by atoms with Gasteiger partial charge in [-0.15, -0.1) is 0 Å². The molecule has 0 aromatic carbocycles. The molecule has 8 bridgehead atoms. The summed E-state index contributed by atoms with van der Waals surface area (Å²) in [6.07, 6.45) is 9.31. The molecule has 0 aliphatic heterocycles. The maximum Gasteiger partial charge on any atom is 0.312 e. The van der Waals surface area contributed by atoms with E-state index in [1.807, 2.05) is 20.8 Å². The highest BCUT2D eigenvalue weighted by Gasteiger charge is 2.71. The molecule has 8 aliphatic carbocycles. The maximum atomic E-state index is 14.2. The van der Waals surface area contributed by atoms with Crippen LogP contribution < -0.4 is 0 Å². The van der Waals surface area contributed by atoms with Crippen molar-refractivity contribution in [1.29, 1.82) is 0 Å². The summed E-state index contributed by atoms with van der Waals surface area (Å²) in [4.78, 5) is 28.1. The Morgan fingerprint density at radius 3 is 1.76 bits per heavy atom. The first-order valence-corrected chi connectivity index (χ1v) is 15.8. The lowest BCUT2D eigenvalue weighted by Crippen LogP contribution is -2.53. The summed E-state index contributed by atoms with van der Waals surface area (Å²) in [5, 5.41) is 0. The minimum absolute atomic E-state index is 0.0662. The van der Waals surface area contributed by atoms with E-state index in [9.17, 15) is 9.59 Å². The second kappa shape index (κ2) is 8.70. The molecule has 8 rings (SSSR count). The Morgan fingerprint density at radius 2 is 1.24 bits per heavy atom. The minimum atomic E-state index is -0.931. The van der Waals surface area contributed by atoms with Gasteiger partial charge >= 0.3 is 11.9 Å². The summed E-state index contributed by atoms with van der Waals surface area (Å²) in [7, 11) is 0. The summed E-state index contributed by atoms with van der Waals surface area (Å²) < 4.78 is 18.6. The number of carbonyl (C=O) groups excluding carboxylic acids is 2. The van der Waals surface area contributed by atoms with Crippen LogP contribution in [0.4, 0.5) is 0 Å². The normalized spacial score (nSPS) is 53.8. The first kappa shape index (κ1) is 24.9. The Labute approximate surface area is 223 Å². The summed E-state index contributed by atoms with van der Waals surface area (Å²) in [6.45, 7) is 11.2. The molecule has 37 heavy (non-hydrogen) atoms. The lowest BCUT2D eigenvalue weighted by molar-refractivity contribution is -0.232. The van der Waals surface area contributed by atoms with E-state index in [2.05, 4.69) is 13.8 Å². The van der Waals surface area contributed by atoms with E-state index in [4.69, 9.17) is 14.2 Å². The van der Waals surface area contributed by atoms with Crippen LogP contribution >= 0.6 is 0 Å². The number of ether oxygens (including phenoxy) is 3. The predicted octanol–water partition coefficient (Wildman–Crippen LogP) is 6.10. The molecule has 11 atom stereocenters. The van der Waals surface area contributed by atoms with Crippen molar-refractivity contribution < 1.29 is 23.8 Å². The van der Waals surface area contributed by atoms with Crippen LogP contribution in [0, 0.1) is 82.9 Å². The Balaban J connectivity index is 1.16. The van der Waals surface area contributed by atoms with Gasteiger partial charge in [0.05, 0.1) is 11.8 Å². The molecule has 5 heteroatoms. The van der Waals surface area contributed by atoms with Crippen molar-refractivity contribution in [3.05, 3.63) is 0 Å². The second-order valence-electron chi connectivity index (χ2n) is 14.7. The number of rotatable bonds is 7. The summed E-state index contributed by atoms with van der Waals surface area (Å²) >= 11 is 0. The van der Waals surface area contributed by atoms with Crippen LogP contribution in [0.2, 0.25) is 0 Å². The number of carbonyl (C=O) groups is 2. The Kier molecular flexibility index (Phi) is 5.86. The molecule has 206 valence electrons. The zero-order chi connectivity index (χ0) is 25.8. The maximum absolute atomic E-state index is 14.2. The average molecular weight is 513 g/mol. The fourth-order valence-electron chi connectivity index (χ4n) is 12.0. The number of hydrogen-bond donors (Lipinski definition) is 0. The van der Waals surface area contributed by atoms with E-state index >= 15 is 0 Å². The third kappa shape index (κ3) is 3.57. The van der Waals surface area contributed by atoms with Crippen LogP contribution in [0.3, 0.4) is 0 Å². The van der Waals surface area contributed by atoms with Gasteiger partial charge in [0.2, 0.25) is 5.79 Å². The predicted molar refractivity (Wildman–Crippen MR) is 139 cm³/mol. The fourth-order valence-corrected chi connectivity index (χ4v) is 12.0. The van der Waals surface area contributed by atoms with Crippen molar-refractivity contribution >= 4 is 11.9 Å². The molecule has 0 amide bonds. The molecule has 0 aromatic heterocycles. The number of hydrogen-bond acceptors (Lipinski definition) is 5. The zero-order valence-electron chi connectivity index (χ0n) is 23.6. The van der Waals surface area contributed by atoms with Crippen LogP contribution in [0.25, 0.3) is 0 Å². The van der Waals surface area contributed by atoms with Crippen molar-refractivity contribution in [3.8, 4) is 0 Å². The van der Waals surface area contributed by atoms with E-state index < -0.39 is 5.79 Å². The Morgan fingerprint density at radius 1 is 0.730 bits per heavy atom. The van der Waals surface area contributed by atoms with Gasteiger partial charge in [-0.25, -0.2) is 0 Å². The standard InChI is InChI=1S/C32H48O5/c1-6-32(5,35-7-2)37-31(34)28-24-14-23(25-21-13-22(26(24)25)16(4)15(21)3)27(28)30(33)36-29-19-9-17-8-18(11-19)12-20(29)10-17/h15-29H,6-14H2,1-5H3. The van der Waals surface area contributed by atoms with Crippen LogP contribution in [0.1, 0.15) is 86.0 Å². The van der Waals surface area contributed by atoms with E-state index in [1.54, 1.807) is 0 Å². The van der Waals surface area contributed by atoms with Crippen molar-refractivity contribution in [2.24, 2.45) is 82.9 Å². The van der Waals surface area contributed by atoms with Gasteiger partial charge in [-0.1, -0.05) is 20.8 Å². The largest absolute Gasteiger partial charge is 0.462 e. The van der Waals surface area contributed by atoms with Gasteiger partial charge in [0.1, 0.15) is 6.10 Å². The molecule has 8 aliphatic rings. The Hall–Kier alpha value is -1.10. The molecule has 0 spiro atoms. The van der Waals surface area contributed by atoms with Crippen molar-refractivity contribution in [2.75, 3.05) is 6.61 Å². The molecule has 0 aromatic rings. The summed E-state index contributed by atoms with van der Waals surface area (Å²) in [5.74, 6) is 5.41. The van der Waals surface area contributed by atoms with Crippen LogP contribution in [-0.4, -0.2) is 30.4 Å². The van der Waals surface area contributed by atoms with E-state index in [0.29, 0.717) is 54.5 Å². The molecule has 8 saturated carbocycles. The van der Waals surface area contributed by atoms with Crippen molar-refractivity contribution in [2.45, 2.75) is 97.9 Å². The van der Waals surface area contributed by atoms with Gasteiger partial charge in [-0.05, 0) is 123 Å². The van der Waals surface area contributed by atoms with Gasteiger partial charge in [0.15, 0.2) is 0 Å². The SMILES string of the molecule is CCOC(C)(CC)OC(=O)C1C2CC(C1C(=O)OC1C3CC4CC(C3)CC1C4)C1C3CC(C(C)C3C)C21. The lowest BCUT2D eigenvalue weighted by atomic mass is 9.55. The first-order valence-electron chi connectivity index (χ1n) is 15.8. The van der Waals surface area contributed by atoms with Gasteiger partial charge < -0.3 is 14.2 Å². The highest BCUT2D eigenvalue weighted by molar-refractivity contribution is 5.84. The molecule has 0 heterocycles. The van der Waals surface area contributed by atoms with E-state index in [0.717, 1.165) is 24.2 Å². The van der Waals surface area contributed by atoms with Crippen molar-refractivity contribution in [1.82, 2.24) is 0 Å². The summed E-state index contributed by atoms with van der Waals surface area (Å²) in [6, 6.07) is 0. The third-order valence-corrected chi connectivity index (χ3v) is 13.3. The molecule has 11 unspecified atom stereocenters. The second-order valence-corrected chi connectivity index (χ2v) is 14.7. The van der Waals surface area contributed by atoms with Gasteiger partial charge in [0, 0.05) is 20.0 Å². The topological polar surface area (TPSA) is 61.8 Å². The quantitative estimate of drug-likeness (QED) is 0.234. The van der Waals surface area contributed by atoms with Crippen LogP contribution in [0.15, 0.2) is 0 Å². The highest BCUT2D eigenvalue weighted by Crippen LogP contribution is 2.73. The fraction of sp³-hybridized carbons (Fsp3) is 0.938. The van der Waals surface area contributed by atoms with E-state index in [-0.39, 0.29) is 41.7 Å². The first-order chi connectivity index (χ1) is 17.7. The summed E-state index contributed by atoms with van der Waals surface area (Å²) in [5.41, 5.74) is 0. The molecule has 0 radical (unpaired) electrons. The van der Waals surface area contributed by atoms with E-state index in [1.165, 1.54) is 38.5 Å². The zero-order valence-corrected chi connectivity index (χ0v) is 23.6. The highest BCUT2D eigenvalue weighted by atomic mass is 16.7. The monoisotopic (exact) mass is 512 g/mol. The number of esters is 2. The van der Waals surface area contributed by atoms with Gasteiger partial charge in [-0.2, -0.15) is 0 Å². The molecule has 8 fully saturated rings. The molecular formula is C32H48O5. The molecular weight excluding hydrogens is 464 g/mol. The van der Waals surface area contributed by atoms with Gasteiger partial charge in [0.25, 0.3) is 0 Å². The Bertz CT molecular complexity index is 917.